The molecule has 0 aromatic carbocycles. The predicted octanol–water partition coefficient (Wildman–Crippen LogP) is 2.00. The highest BCUT2D eigenvalue weighted by molar-refractivity contribution is 5.03. The van der Waals surface area contributed by atoms with Gasteiger partial charge in [-0.3, -0.25) is 0 Å². The average molecular weight is 197 g/mol. The standard InChI is InChI=1S/C8H13N3O.C2H6/c1-6-10-7(12-11-6)8(2)4-3-5-9-8;1-2/h9H,3-5H2,1-2H3;1-2H3. The maximum absolute atomic E-state index is 5.13. The zero-order valence-electron chi connectivity index (χ0n) is 9.42. The topological polar surface area (TPSA) is 51.0 Å². The minimum absolute atomic E-state index is 0.0821. The first kappa shape index (κ1) is 11.2. The number of nitrogens with one attached hydrogen (secondary N) is 1. The van der Waals surface area contributed by atoms with Gasteiger partial charge in [-0.05, 0) is 33.2 Å². The molecule has 4 nitrogen and oxygen atoms in total. The van der Waals surface area contributed by atoms with E-state index >= 15 is 0 Å². The van der Waals surface area contributed by atoms with E-state index in [1.807, 2.05) is 20.8 Å². The molecule has 0 radical (unpaired) electrons. The first-order valence-electron chi connectivity index (χ1n) is 5.26. The van der Waals surface area contributed by atoms with Crippen LogP contribution in [0.25, 0.3) is 0 Å². The second-order valence-corrected chi connectivity index (χ2v) is 3.51. The molecule has 0 bridgehead atoms. The third kappa shape index (κ3) is 2.12. The lowest BCUT2D eigenvalue weighted by Crippen LogP contribution is -2.33. The molecule has 1 aromatic rings. The number of hydrogen-bond donors (Lipinski definition) is 1. The monoisotopic (exact) mass is 197 g/mol. The van der Waals surface area contributed by atoms with Gasteiger partial charge in [-0.2, -0.15) is 4.98 Å². The minimum Gasteiger partial charge on any atom is -0.337 e. The summed E-state index contributed by atoms with van der Waals surface area (Å²) in [4.78, 5) is 4.22. The Labute approximate surface area is 85.1 Å². The Bertz CT molecular complexity index is 277. The van der Waals surface area contributed by atoms with Crippen LogP contribution in [0.2, 0.25) is 0 Å². The van der Waals surface area contributed by atoms with Crippen molar-refractivity contribution in [3.63, 3.8) is 0 Å². The maximum Gasteiger partial charge on any atom is 0.246 e. The van der Waals surface area contributed by atoms with E-state index in [0.717, 1.165) is 18.9 Å². The van der Waals surface area contributed by atoms with Gasteiger partial charge in [-0.1, -0.05) is 19.0 Å². The van der Waals surface area contributed by atoms with Crippen molar-refractivity contribution in [2.75, 3.05) is 6.54 Å². The molecule has 1 aliphatic heterocycles. The molecule has 2 rings (SSSR count). The van der Waals surface area contributed by atoms with E-state index in [1.54, 1.807) is 0 Å². The van der Waals surface area contributed by atoms with Crippen molar-refractivity contribution in [1.82, 2.24) is 15.5 Å². The zero-order chi connectivity index (χ0) is 10.6. The van der Waals surface area contributed by atoms with Gasteiger partial charge in [0.25, 0.3) is 0 Å². The van der Waals surface area contributed by atoms with Crippen molar-refractivity contribution in [2.45, 2.75) is 46.1 Å². The Morgan fingerprint density at radius 2 is 2.14 bits per heavy atom. The van der Waals surface area contributed by atoms with Gasteiger partial charge in [0, 0.05) is 0 Å². The van der Waals surface area contributed by atoms with Crippen LogP contribution in [0.4, 0.5) is 0 Å². The van der Waals surface area contributed by atoms with Gasteiger partial charge in [-0.15, -0.1) is 0 Å². The lowest BCUT2D eigenvalue weighted by Gasteiger charge is -2.18. The Morgan fingerprint density at radius 3 is 2.57 bits per heavy atom. The van der Waals surface area contributed by atoms with E-state index < -0.39 is 0 Å². The quantitative estimate of drug-likeness (QED) is 0.748. The van der Waals surface area contributed by atoms with Crippen LogP contribution in [0, 0.1) is 6.92 Å². The predicted molar refractivity (Wildman–Crippen MR) is 55.0 cm³/mol. The lowest BCUT2D eigenvalue weighted by atomic mass is 10.0. The van der Waals surface area contributed by atoms with Crippen LogP contribution in [0.15, 0.2) is 4.52 Å². The number of rotatable bonds is 1. The van der Waals surface area contributed by atoms with Crippen molar-refractivity contribution in [3.8, 4) is 0 Å². The summed E-state index contributed by atoms with van der Waals surface area (Å²) >= 11 is 0. The van der Waals surface area contributed by atoms with Crippen LogP contribution >= 0.6 is 0 Å². The number of aromatic nitrogens is 2. The van der Waals surface area contributed by atoms with Crippen molar-refractivity contribution < 1.29 is 4.52 Å². The molecule has 1 saturated heterocycles. The van der Waals surface area contributed by atoms with Gasteiger partial charge in [-0.25, -0.2) is 0 Å². The molecule has 0 saturated carbocycles. The third-order valence-corrected chi connectivity index (χ3v) is 2.37. The summed E-state index contributed by atoms with van der Waals surface area (Å²) in [5.74, 6) is 1.43. The van der Waals surface area contributed by atoms with Crippen molar-refractivity contribution in [3.05, 3.63) is 11.7 Å². The minimum atomic E-state index is -0.0821. The number of nitrogens with zero attached hydrogens (tertiary/aromatic N) is 2. The van der Waals surface area contributed by atoms with Gasteiger partial charge in [0.05, 0.1) is 5.54 Å². The van der Waals surface area contributed by atoms with Gasteiger partial charge in [0.15, 0.2) is 5.82 Å². The molecular weight excluding hydrogens is 178 g/mol. The summed E-state index contributed by atoms with van der Waals surface area (Å²) in [6.45, 7) is 8.98. The molecule has 0 amide bonds. The second kappa shape index (κ2) is 4.55. The van der Waals surface area contributed by atoms with E-state index in [2.05, 4.69) is 22.4 Å². The average Bonchev–Trinajstić information content (AvgIpc) is 2.79. The Balaban J connectivity index is 0.000000461. The molecule has 1 fully saturated rings. The summed E-state index contributed by atoms with van der Waals surface area (Å²) in [6.07, 6.45) is 2.26. The number of hydrogen-bond acceptors (Lipinski definition) is 4. The van der Waals surface area contributed by atoms with Crippen LogP contribution in [-0.4, -0.2) is 16.7 Å². The number of aryl methyl sites for hydroxylation is 1. The Morgan fingerprint density at radius 1 is 1.43 bits per heavy atom. The molecule has 0 spiro atoms. The summed E-state index contributed by atoms with van der Waals surface area (Å²) in [5.41, 5.74) is -0.0821. The van der Waals surface area contributed by atoms with Crippen LogP contribution in [-0.2, 0) is 5.54 Å². The molecule has 80 valence electrons. The molecule has 1 aliphatic rings. The van der Waals surface area contributed by atoms with Crippen molar-refractivity contribution in [1.29, 1.82) is 0 Å². The summed E-state index contributed by atoms with van der Waals surface area (Å²) in [7, 11) is 0. The van der Waals surface area contributed by atoms with E-state index in [-0.39, 0.29) is 5.54 Å². The van der Waals surface area contributed by atoms with E-state index in [4.69, 9.17) is 4.52 Å². The van der Waals surface area contributed by atoms with Gasteiger partial charge in [0.2, 0.25) is 5.89 Å². The first-order chi connectivity index (χ1) is 6.71. The summed E-state index contributed by atoms with van der Waals surface area (Å²) in [5, 5.41) is 7.15. The highest BCUT2D eigenvalue weighted by atomic mass is 16.5. The Hall–Kier alpha value is -0.900. The van der Waals surface area contributed by atoms with Crippen LogP contribution < -0.4 is 5.32 Å². The zero-order valence-corrected chi connectivity index (χ0v) is 9.42. The smallest absolute Gasteiger partial charge is 0.246 e. The first-order valence-corrected chi connectivity index (χ1v) is 5.26. The molecule has 1 unspecified atom stereocenters. The Kier molecular flexibility index (Phi) is 3.63. The van der Waals surface area contributed by atoms with Crippen LogP contribution in [0.3, 0.4) is 0 Å². The second-order valence-electron chi connectivity index (χ2n) is 3.51. The van der Waals surface area contributed by atoms with E-state index in [0.29, 0.717) is 5.82 Å². The molecule has 1 N–H and O–H groups in total. The normalized spacial score (nSPS) is 25.7. The largest absolute Gasteiger partial charge is 0.337 e. The van der Waals surface area contributed by atoms with Crippen LogP contribution in [0.5, 0.6) is 0 Å². The molecule has 1 atom stereocenters. The fraction of sp³-hybridized carbons (Fsp3) is 0.800. The maximum atomic E-state index is 5.13. The van der Waals surface area contributed by atoms with Crippen molar-refractivity contribution >= 4 is 0 Å². The third-order valence-electron chi connectivity index (χ3n) is 2.37. The van der Waals surface area contributed by atoms with E-state index in [1.165, 1.54) is 6.42 Å². The van der Waals surface area contributed by atoms with Crippen molar-refractivity contribution in [2.24, 2.45) is 0 Å². The van der Waals surface area contributed by atoms with Gasteiger partial charge in [0.1, 0.15) is 0 Å². The lowest BCUT2D eigenvalue weighted by molar-refractivity contribution is 0.274. The summed E-state index contributed by atoms with van der Waals surface area (Å²) in [6, 6.07) is 0. The molecule has 0 aliphatic carbocycles. The fourth-order valence-electron chi connectivity index (χ4n) is 1.60. The highest BCUT2D eigenvalue weighted by Crippen LogP contribution is 2.28. The van der Waals surface area contributed by atoms with Gasteiger partial charge < -0.3 is 9.84 Å². The fourth-order valence-corrected chi connectivity index (χ4v) is 1.60. The molecule has 1 aromatic heterocycles. The molecule has 14 heavy (non-hydrogen) atoms. The highest BCUT2D eigenvalue weighted by Gasteiger charge is 2.35. The molecule has 2 heterocycles. The summed E-state index contributed by atoms with van der Waals surface area (Å²) < 4.78 is 5.13. The SMILES string of the molecule is CC.Cc1noc(C2(C)CCCN2)n1. The van der Waals surface area contributed by atoms with Gasteiger partial charge >= 0.3 is 0 Å². The molecular formula is C10H19N3O. The molecule has 4 heteroatoms. The van der Waals surface area contributed by atoms with E-state index in [9.17, 15) is 0 Å². The van der Waals surface area contributed by atoms with Crippen LogP contribution in [0.1, 0.15) is 45.3 Å².